The van der Waals surface area contributed by atoms with Crippen molar-refractivity contribution in [2.75, 3.05) is 17.7 Å². The smallest absolute Gasteiger partial charge is 0.323 e. The topological polar surface area (TPSA) is 113 Å². The molecule has 1 N–H and O–H groups in total. The van der Waals surface area contributed by atoms with Gasteiger partial charge in [-0.3, -0.25) is 14.5 Å². The summed E-state index contributed by atoms with van der Waals surface area (Å²) in [6, 6.07) is 9.42. The van der Waals surface area contributed by atoms with E-state index >= 15 is 0 Å². The zero-order valence-corrected chi connectivity index (χ0v) is 15.4. The second-order valence-corrected chi connectivity index (χ2v) is 8.09. The van der Waals surface area contributed by atoms with Gasteiger partial charge in [-0.2, -0.15) is 0 Å². The fraction of sp³-hybridized carbons (Fsp3) is 0.167. The van der Waals surface area contributed by atoms with Gasteiger partial charge in [0.1, 0.15) is 19.0 Å². The van der Waals surface area contributed by atoms with Crippen LogP contribution in [-0.4, -0.2) is 43.9 Å². The number of carboxylic acid groups (broad SMARTS) is 1. The van der Waals surface area contributed by atoms with Crippen molar-refractivity contribution in [3.05, 3.63) is 59.4 Å². The highest BCUT2D eigenvalue weighted by molar-refractivity contribution is 7.90. The van der Waals surface area contributed by atoms with Crippen molar-refractivity contribution in [1.29, 1.82) is 0 Å². The molecule has 0 aromatic heterocycles. The normalized spacial score (nSPS) is 15.0. The fourth-order valence-corrected chi connectivity index (χ4v) is 3.30. The molecule has 0 radical (unpaired) electrons. The van der Waals surface area contributed by atoms with E-state index < -0.39 is 34.1 Å². The Morgan fingerprint density at radius 3 is 2.50 bits per heavy atom. The van der Waals surface area contributed by atoms with Crippen molar-refractivity contribution in [2.45, 2.75) is 11.5 Å². The maximum Gasteiger partial charge on any atom is 0.323 e. The second-order valence-electron chi connectivity index (χ2n) is 6.08. The van der Waals surface area contributed by atoms with Crippen LogP contribution in [0.3, 0.4) is 0 Å². The minimum Gasteiger partial charge on any atom is -0.480 e. The fourth-order valence-electron chi connectivity index (χ4n) is 2.67. The molecule has 10 heteroatoms. The first kappa shape index (κ1) is 19.5. The van der Waals surface area contributed by atoms with Crippen molar-refractivity contribution in [3.63, 3.8) is 0 Å². The van der Waals surface area contributed by atoms with Crippen molar-refractivity contribution in [2.24, 2.45) is 5.16 Å². The third-order valence-electron chi connectivity index (χ3n) is 3.98. The molecular formula is C18H15FN2O6S. The van der Waals surface area contributed by atoms with Crippen molar-refractivity contribution >= 4 is 33.1 Å². The third kappa shape index (κ3) is 4.01. The standard InChI is InChI=1S/C18H15FN2O6S/c1-28(25,26)13-5-2-11(3-6-13)10-27-20-17-14-8-12(19)4-7-15(14)21(18(17)24)9-16(22)23/h2-8H,9-10H2,1H3,(H,22,23). The van der Waals surface area contributed by atoms with Crippen LogP contribution < -0.4 is 4.90 Å². The van der Waals surface area contributed by atoms with Crippen molar-refractivity contribution < 1.29 is 32.3 Å². The van der Waals surface area contributed by atoms with Crippen LogP contribution in [0.15, 0.2) is 52.5 Å². The summed E-state index contributed by atoms with van der Waals surface area (Å²) in [4.78, 5) is 29.8. The van der Waals surface area contributed by atoms with Crippen LogP contribution in [0.2, 0.25) is 0 Å². The highest BCUT2D eigenvalue weighted by atomic mass is 32.2. The number of carboxylic acids is 1. The molecule has 0 saturated heterocycles. The van der Waals surface area contributed by atoms with E-state index in [1.165, 1.54) is 30.3 Å². The Kier molecular flexibility index (Phi) is 5.14. The molecule has 1 heterocycles. The molecular weight excluding hydrogens is 391 g/mol. The van der Waals surface area contributed by atoms with E-state index in [1.54, 1.807) is 0 Å². The first-order chi connectivity index (χ1) is 13.2. The Bertz CT molecular complexity index is 1080. The number of sulfone groups is 1. The third-order valence-corrected chi connectivity index (χ3v) is 5.11. The number of anilines is 1. The van der Waals surface area contributed by atoms with E-state index in [1.807, 2.05) is 0 Å². The number of oxime groups is 1. The molecule has 8 nitrogen and oxygen atoms in total. The number of halogens is 1. The lowest BCUT2D eigenvalue weighted by Crippen LogP contribution is -2.34. The van der Waals surface area contributed by atoms with Crippen LogP contribution in [0.1, 0.15) is 11.1 Å². The summed E-state index contributed by atoms with van der Waals surface area (Å²) in [6.45, 7) is -0.659. The van der Waals surface area contributed by atoms with Crippen LogP contribution >= 0.6 is 0 Å². The van der Waals surface area contributed by atoms with Crippen molar-refractivity contribution in [1.82, 2.24) is 0 Å². The molecule has 0 aliphatic carbocycles. The Balaban J connectivity index is 1.81. The van der Waals surface area contributed by atoms with Crippen LogP contribution in [0.4, 0.5) is 10.1 Å². The summed E-state index contributed by atoms with van der Waals surface area (Å²) < 4.78 is 36.5. The van der Waals surface area contributed by atoms with E-state index in [2.05, 4.69) is 5.16 Å². The molecule has 3 rings (SSSR count). The highest BCUT2D eigenvalue weighted by Gasteiger charge is 2.36. The van der Waals surface area contributed by atoms with Gasteiger partial charge in [-0.1, -0.05) is 17.3 Å². The molecule has 1 amide bonds. The molecule has 146 valence electrons. The molecule has 1 aliphatic heterocycles. The average Bonchev–Trinajstić information content (AvgIpc) is 2.86. The number of nitrogens with zero attached hydrogens (tertiary/aromatic N) is 2. The number of aliphatic carboxylic acids is 1. The summed E-state index contributed by atoms with van der Waals surface area (Å²) in [6.07, 6.45) is 1.09. The van der Waals surface area contributed by atoms with Crippen LogP contribution in [0.25, 0.3) is 0 Å². The molecule has 28 heavy (non-hydrogen) atoms. The minimum absolute atomic E-state index is 0.0651. The lowest BCUT2D eigenvalue weighted by Gasteiger charge is -2.13. The molecule has 0 bridgehead atoms. The van der Waals surface area contributed by atoms with Crippen LogP contribution in [0, 0.1) is 5.82 Å². The lowest BCUT2D eigenvalue weighted by molar-refractivity contribution is -0.136. The van der Waals surface area contributed by atoms with E-state index in [0.29, 0.717) is 5.56 Å². The zero-order chi connectivity index (χ0) is 20.5. The average molecular weight is 406 g/mol. The first-order valence-electron chi connectivity index (χ1n) is 7.99. The van der Waals surface area contributed by atoms with E-state index in [4.69, 9.17) is 9.94 Å². The number of benzene rings is 2. The van der Waals surface area contributed by atoms with Gasteiger partial charge in [0.25, 0.3) is 5.91 Å². The molecule has 0 atom stereocenters. The highest BCUT2D eigenvalue weighted by Crippen LogP contribution is 2.30. The Hall–Kier alpha value is -3.27. The van der Waals surface area contributed by atoms with E-state index in [-0.39, 0.29) is 28.5 Å². The Morgan fingerprint density at radius 2 is 1.89 bits per heavy atom. The van der Waals surface area contributed by atoms with Crippen molar-refractivity contribution in [3.8, 4) is 0 Å². The number of carbonyl (C=O) groups excluding carboxylic acids is 1. The summed E-state index contributed by atoms with van der Waals surface area (Å²) in [5.41, 5.74) is 0.764. The maximum absolute atomic E-state index is 13.6. The van der Waals surface area contributed by atoms with Gasteiger partial charge in [0.05, 0.1) is 10.6 Å². The lowest BCUT2D eigenvalue weighted by atomic mass is 10.1. The van der Waals surface area contributed by atoms with Gasteiger partial charge in [0, 0.05) is 11.8 Å². The number of carbonyl (C=O) groups is 2. The second kappa shape index (κ2) is 7.39. The monoisotopic (exact) mass is 406 g/mol. The molecule has 2 aromatic carbocycles. The molecule has 2 aromatic rings. The molecule has 0 spiro atoms. The first-order valence-corrected chi connectivity index (χ1v) is 9.88. The van der Waals surface area contributed by atoms with Gasteiger partial charge in [-0.05, 0) is 35.9 Å². The van der Waals surface area contributed by atoms with Gasteiger partial charge in [0.15, 0.2) is 15.5 Å². The van der Waals surface area contributed by atoms with Crippen LogP contribution in [0.5, 0.6) is 0 Å². The van der Waals surface area contributed by atoms with Gasteiger partial charge in [-0.15, -0.1) is 0 Å². The number of fused-ring (bicyclic) bond motifs is 1. The molecule has 0 saturated carbocycles. The van der Waals surface area contributed by atoms with Crippen LogP contribution in [-0.2, 0) is 30.9 Å². The number of hydrogen-bond donors (Lipinski definition) is 1. The summed E-state index contributed by atoms with van der Waals surface area (Å²) in [5, 5.41) is 12.7. The number of hydrogen-bond acceptors (Lipinski definition) is 6. The predicted molar refractivity (Wildman–Crippen MR) is 97.3 cm³/mol. The summed E-state index contributed by atoms with van der Waals surface area (Å²) in [5.74, 6) is -2.54. The Labute approximate surface area is 159 Å². The Morgan fingerprint density at radius 1 is 1.21 bits per heavy atom. The van der Waals surface area contributed by atoms with Gasteiger partial charge in [-0.25, -0.2) is 12.8 Å². The van der Waals surface area contributed by atoms with Gasteiger partial charge >= 0.3 is 5.97 Å². The largest absolute Gasteiger partial charge is 0.480 e. The quantitative estimate of drug-likeness (QED) is 0.729. The minimum atomic E-state index is -3.32. The number of amides is 1. The van der Waals surface area contributed by atoms with Gasteiger partial charge in [0.2, 0.25) is 0 Å². The summed E-state index contributed by atoms with van der Waals surface area (Å²) in [7, 11) is -3.32. The molecule has 0 fully saturated rings. The van der Waals surface area contributed by atoms with Gasteiger partial charge < -0.3 is 9.94 Å². The predicted octanol–water partition coefficient (Wildman–Crippen LogP) is 1.58. The maximum atomic E-state index is 13.6. The molecule has 1 aliphatic rings. The SMILES string of the molecule is CS(=O)(=O)c1ccc(CON=C2C(=O)N(CC(=O)O)c3ccc(F)cc32)cc1. The summed E-state index contributed by atoms with van der Waals surface area (Å²) >= 11 is 0. The van der Waals surface area contributed by atoms with E-state index in [0.717, 1.165) is 23.3 Å². The molecule has 0 unspecified atom stereocenters. The zero-order valence-electron chi connectivity index (χ0n) is 14.6. The van der Waals surface area contributed by atoms with E-state index in [9.17, 15) is 22.4 Å². The number of rotatable bonds is 6.